The minimum absolute atomic E-state index is 0.209. The van der Waals surface area contributed by atoms with Gasteiger partial charge in [-0.25, -0.2) is 14.4 Å². The Kier molecular flexibility index (Phi) is 3.52. The SMILES string of the molecule is FCCn1cc(Nc2nc(-c3ccc4cn[nH]c4c3)nc3cn[nH]c23)cn1. The van der Waals surface area contributed by atoms with Crippen molar-refractivity contribution in [3.05, 3.63) is 43.0 Å². The van der Waals surface area contributed by atoms with Crippen molar-refractivity contribution in [2.75, 3.05) is 12.0 Å². The average Bonchev–Trinajstić information content (AvgIpc) is 3.41. The molecule has 0 atom stereocenters. The number of halogens is 1. The second kappa shape index (κ2) is 6.16. The maximum absolute atomic E-state index is 12.5. The molecule has 0 saturated heterocycles. The fraction of sp³-hybridized carbons (Fsp3) is 0.118. The van der Waals surface area contributed by atoms with Gasteiger partial charge < -0.3 is 5.32 Å². The van der Waals surface area contributed by atoms with Crippen molar-refractivity contribution < 1.29 is 4.39 Å². The van der Waals surface area contributed by atoms with E-state index in [2.05, 4.69) is 40.8 Å². The molecule has 5 aromatic rings. The van der Waals surface area contributed by atoms with E-state index < -0.39 is 6.67 Å². The van der Waals surface area contributed by atoms with Crippen LogP contribution < -0.4 is 5.32 Å². The van der Waals surface area contributed by atoms with Crippen LogP contribution in [0.4, 0.5) is 15.9 Å². The molecule has 0 fully saturated rings. The molecule has 0 aliphatic rings. The number of alkyl halides is 1. The lowest BCUT2D eigenvalue weighted by Gasteiger charge is -2.07. The summed E-state index contributed by atoms with van der Waals surface area (Å²) in [6.45, 7) is -0.264. The van der Waals surface area contributed by atoms with Crippen molar-refractivity contribution in [1.82, 2.24) is 40.1 Å². The first kappa shape index (κ1) is 15.4. The van der Waals surface area contributed by atoms with E-state index in [0.29, 0.717) is 28.4 Å². The summed E-state index contributed by atoms with van der Waals surface area (Å²) in [5.41, 5.74) is 3.83. The molecule has 0 aliphatic heterocycles. The number of fused-ring (bicyclic) bond motifs is 2. The van der Waals surface area contributed by atoms with Crippen molar-refractivity contribution in [3.8, 4) is 11.4 Å². The van der Waals surface area contributed by atoms with Crippen LogP contribution in [0.3, 0.4) is 0 Å². The number of rotatable bonds is 5. The molecule has 10 heteroatoms. The van der Waals surface area contributed by atoms with Gasteiger partial charge in [-0.05, 0) is 6.07 Å². The summed E-state index contributed by atoms with van der Waals surface area (Å²) in [5.74, 6) is 1.12. The third-order valence-corrected chi connectivity index (χ3v) is 4.21. The van der Waals surface area contributed by atoms with Crippen molar-refractivity contribution in [2.45, 2.75) is 6.54 Å². The molecular weight excluding hydrogens is 349 g/mol. The number of hydrogen-bond donors (Lipinski definition) is 3. The molecule has 27 heavy (non-hydrogen) atoms. The summed E-state index contributed by atoms with van der Waals surface area (Å²) in [6, 6.07) is 5.86. The van der Waals surface area contributed by atoms with E-state index in [-0.39, 0.29) is 6.54 Å². The maximum atomic E-state index is 12.5. The normalized spacial score (nSPS) is 11.4. The van der Waals surface area contributed by atoms with E-state index in [1.807, 2.05) is 18.2 Å². The first-order valence-electron chi connectivity index (χ1n) is 8.30. The molecule has 0 amide bonds. The number of H-pyrrole nitrogens is 2. The molecule has 0 aliphatic carbocycles. The van der Waals surface area contributed by atoms with Crippen LogP contribution in [0.2, 0.25) is 0 Å². The first-order valence-corrected chi connectivity index (χ1v) is 8.30. The zero-order valence-electron chi connectivity index (χ0n) is 14.0. The Hall–Kier alpha value is -3.82. The van der Waals surface area contributed by atoms with Gasteiger partial charge in [-0.1, -0.05) is 12.1 Å². The fourth-order valence-corrected chi connectivity index (χ4v) is 2.91. The van der Waals surface area contributed by atoms with E-state index in [1.165, 1.54) is 4.68 Å². The molecule has 0 saturated carbocycles. The predicted octanol–water partition coefficient (Wildman–Crippen LogP) is 2.81. The lowest BCUT2D eigenvalue weighted by Crippen LogP contribution is -2.00. The quantitative estimate of drug-likeness (QED) is 0.442. The van der Waals surface area contributed by atoms with Gasteiger partial charge in [0.2, 0.25) is 0 Å². The number of nitrogens with one attached hydrogen (secondary N) is 3. The van der Waals surface area contributed by atoms with Crippen LogP contribution in [-0.4, -0.2) is 46.8 Å². The molecule has 0 unspecified atom stereocenters. The standard InChI is InChI=1S/C17H14FN9/c18-3-4-27-9-12(7-21-27)22-17-15-14(8-20-26-15)23-16(24-17)10-1-2-11-6-19-25-13(11)5-10/h1-2,5-9H,3-4H2,(H,19,25)(H,20,26)(H,22,23,24). The van der Waals surface area contributed by atoms with Crippen LogP contribution in [-0.2, 0) is 6.54 Å². The van der Waals surface area contributed by atoms with E-state index >= 15 is 0 Å². The lowest BCUT2D eigenvalue weighted by atomic mass is 10.1. The highest BCUT2D eigenvalue weighted by Gasteiger charge is 2.13. The van der Waals surface area contributed by atoms with E-state index in [0.717, 1.165) is 16.5 Å². The van der Waals surface area contributed by atoms with Crippen LogP contribution in [0.15, 0.2) is 43.0 Å². The first-order chi connectivity index (χ1) is 13.3. The Morgan fingerprint density at radius 1 is 1.07 bits per heavy atom. The molecule has 4 aromatic heterocycles. The van der Waals surface area contributed by atoms with Crippen LogP contribution in [0.1, 0.15) is 0 Å². The third kappa shape index (κ3) is 2.76. The summed E-state index contributed by atoms with van der Waals surface area (Å²) in [5, 5.41) is 22.3. The van der Waals surface area contributed by atoms with Gasteiger partial charge in [0.1, 0.15) is 17.7 Å². The Labute approximate surface area is 151 Å². The molecule has 1 aromatic carbocycles. The number of aryl methyl sites for hydroxylation is 1. The lowest BCUT2D eigenvalue weighted by molar-refractivity contribution is 0.427. The second-order valence-corrected chi connectivity index (χ2v) is 6.00. The highest BCUT2D eigenvalue weighted by atomic mass is 19.1. The molecule has 0 radical (unpaired) electrons. The largest absolute Gasteiger partial charge is 0.336 e. The van der Waals surface area contributed by atoms with Gasteiger partial charge in [-0.3, -0.25) is 14.9 Å². The summed E-state index contributed by atoms with van der Waals surface area (Å²) >= 11 is 0. The number of aromatic nitrogens is 8. The summed E-state index contributed by atoms with van der Waals surface area (Å²) in [6.07, 6.45) is 6.75. The number of nitrogens with zero attached hydrogens (tertiary/aromatic N) is 6. The topological polar surface area (TPSA) is 113 Å². The van der Waals surface area contributed by atoms with E-state index in [1.54, 1.807) is 24.8 Å². The Morgan fingerprint density at radius 2 is 2.00 bits per heavy atom. The van der Waals surface area contributed by atoms with E-state index in [9.17, 15) is 4.39 Å². The van der Waals surface area contributed by atoms with Crippen molar-refractivity contribution >= 4 is 33.4 Å². The van der Waals surface area contributed by atoms with Crippen LogP contribution in [0, 0.1) is 0 Å². The second-order valence-electron chi connectivity index (χ2n) is 6.00. The molecule has 9 nitrogen and oxygen atoms in total. The Morgan fingerprint density at radius 3 is 2.93 bits per heavy atom. The Balaban J connectivity index is 1.57. The minimum Gasteiger partial charge on any atom is -0.336 e. The molecule has 0 spiro atoms. The molecule has 5 rings (SSSR count). The zero-order chi connectivity index (χ0) is 18.2. The molecular formula is C17H14FN9. The van der Waals surface area contributed by atoms with Gasteiger partial charge in [-0.2, -0.15) is 15.3 Å². The minimum atomic E-state index is -0.473. The number of anilines is 2. The van der Waals surface area contributed by atoms with Crippen molar-refractivity contribution in [3.63, 3.8) is 0 Å². The molecule has 4 heterocycles. The van der Waals surface area contributed by atoms with E-state index in [4.69, 9.17) is 0 Å². The fourth-order valence-electron chi connectivity index (χ4n) is 2.91. The average molecular weight is 363 g/mol. The smallest absolute Gasteiger partial charge is 0.162 e. The van der Waals surface area contributed by atoms with Gasteiger partial charge in [0.25, 0.3) is 0 Å². The van der Waals surface area contributed by atoms with Crippen LogP contribution in [0.5, 0.6) is 0 Å². The van der Waals surface area contributed by atoms with Gasteiger partial charge in [0, 0.05) is 17.1 Å². The highest BCUT2D eigenvalue weighted by Crippen LogP contribution is 2.27. The molecule has 0 bridgehead atoms. The third-order valence-electron chi connectivity index (χ3n) is 4.21. The van der Waals surface area contributed by atoms with Gasteiger partial charge in [0.05, 0.1) is 36.3 Å². The number of aromatic amines is 2. The van der Waals surface area contributed by atoms with Crippen molar-refractivity contribution in [1.29, 1.82) is 0 Å². The highest BCUT2D eigenvalue weighted by molar-refractivity contribution is 5.89. The van der Waals surface area contributed by atoms with Crippen molar-refractivity contribution in [2.24, 2.45) is 0 Å². The summed E-state index contributed by atoms with van der Waals surface area (Å²) in [7, 11) is 0. The molecule has 3 N–H and O–H groups in total. The Bertz CT molecular complexity index is 1240. The monoisotopic (exact) mass is 363 g/mol. The van der Waals surface area contributed by atoms with Gasteiger partial charge >= 0.3 is 0 Å². The predicted molar refractivity (Wildman–Crippen MR) is 98.3 cm³/mol. The van der Waals surface area contributed by atoms with Gasteiger partial charge in [-0.15, -0.1) is 0 Å². The summed E-state index contributed by atoms with van der Waals surface area (Å²) in [4.78, 5) is 9.23. The maximum Gasteiger partial charge on any atom is 0.162 e. The number of benzene rings is 1. The van der Waals surface area contributed by atoms with Crippen LogP contribution in [0.25, 0.3) is 33.3 Å². The van der Waals surface area contributed by atoms with Crippen LogP contribution >= 0.6 is 0 Å². The summed E-state index contributed by atoms with van der Waals surface area (Å²) < 4.78 is 14.0. The molecule has 134 valence electrons. The number of hydrogen-bond acceptors (Lipinski definition) is 6. The zero-order valence-corrected chi connectivity index (χ0v) is 14.0. The van der Waals surface area contributed by atoms with Gasteiger partial charge in [0.15, 0.2) is 11.6 Å².